The summed E-state index contributed by atoms with van der Waals surface area (Å²) in [6.07, 6.45) is 8.70. The van der Waals surface area contributed by atoms with E-state index in [1.807, 2.05) is 6.08 Å². The minimum absolute atomic E-state index is 0.162. The van der Waals surface area contributed by atoms with Gasteiger partial charge in [-0.05, 0) is 31.9 Å². The molecule has 0 saturated carbocycles. The molecule has 30 heavy (non-hydrogen) atoms. The van der Waals surface area contributed by atoms with Gasteiger partial charge in [0.25, 0.3) is 0 Å². The molecule has 0 bridgehead atoms. The van der Waals surface area contributed by atoms with Crippen LogP contribution in [0.4, 0.5) is 0 Å². The van der Waals surface area contributed by atoms with Crippen LogP contribution in [0, 0.1) is 5.92 Å². The molecule has 0 amide bonds. The van der Waals surface area contributed by atoms with Crippen LogP contribution in [0.25, 0.3) is 0 Å². The summed E-state index contributed by atoms with van der Waals surface area (Å²) in [5.74, 6) is -0.440. The second-order valence-corrected chi connectivity index (χ2v) is 8.89. The Balaban J connectivity index is 2.78. The second-order valence-electron chi connectivity index (χ2n) is 7.76. The molecule has 1 rings (SSSR count). The van der Waals surface area contributed by atoms with Crippen LogP contribution in [0.15, 0.2) is 35.0 Å². The number of carboxylic acids is 1. The molecule has 0 fully saturated rings. The fourth-order valence-corrected chi connectivity index (χ4v) is 4.43. The number of carboxylic acid groups (broad SMARTS) is 1. The highest BCUT2D eigenvalue weighted by Crippen LogP contribution is 2.41. The summed E-state index contributed by atoms with van der Waals surface area (Å²) in [4.78, 5) is 23.4. The largest absolute Gasteiger partial charge is 0.481 e. The van der Waals surface area contributed by atoms with Gasteiger partial charge < -0.3 is 20.1 Å². The Labute approximate surface area is 184 Å². The summed E-state index contributed by atoms with van der Waals surface area (Å²) < 4.78 is 5.47. The lowest BCUT2D eigenvalue weighted by atomic mass is 10.0. The number of esters is 1. The zero-order valence-corrected chi connectivity index (χ0v) is 19.0. The number of carbonyl (C=O) groups is 2. The lowest BCUT2D eigenvalue weighted by molar-refractivity contribution is -0.137. The van der Waals surface area contributed by atoms with Crippen molar-refractivity contribution in [3.63, 3.8) is 0 Å². The van der Waals surface area contributed by atoms with E-state index in [4.69, 9.17) is 9.84 Å². The van der Waals surface area contributed by atoms with Crippen molar-refractivity contribution in [2.24, 2.45) is 5.92 Å². The third-order valence-electron chi connectivity index (χ3n) is 4.89. The molecule has 0 saturated heterocycles. The van der Waals surface area contributed by atoms with Gasteiger partial charge in [-0.15, -0.1) is 11.8 Å². The molecular formula is C23H36O6S. The summed E-state index contributed by atoms with van der Waals surface area (Å²) in [7, 11) is 0. The summed E-state index contributed by atoms with van der Waals surface area (Å²) in [6.45, 7) is 7.29. The average Bonchev–Trinajstić information content (AvgIpc) is 2.96. The molecule has 3 N–H and O–H groups in total. The molecule has 0 heterocycles. The van der Waals surface area contributed by atoms with Crippen LogP contribution >= 0.6 is 11.8 Å². The fourth-order valence-electron chi connectivity index (χ4n) is 3.15. The predicted octanol–water partition coefficient (Wildman–Crippen LogP) is 4.57. The maximum Gasteiger partial charge on any atom is 0.338 e. The molecule has 170 valence electrons. The zero-order valence-electron chi connectivity index (χ0n) is 18.1. The molecule has 0 aliphatic heterocycles. The second kappa shape index (κ2) is 14.4. The third-order valence-corrected chi connectivity index (χ3v) is 6.19. The van der Waals surface area contributed by atoms with E-state index in [1.54, 1.807) is 13.0 Å². The Morgan fingerprint density at radius 1 is 1.27 bits per heavy atom. The Morgan fingerprint density at radius 3 is 2.63 bits per heavy atom. The molecule has 0 radical (unpaired) electrons. The van der Waals surface area contributed by atoms with Crippen LogP contribution in [0.2, 0.25) is 0 Å². The third kappa shape index (κ3) is 9.96. The fraction of sp³-hybridized carbons (Fsp3) is 0.652. The van der Waals surface area contributed by atoms with Crippen molar-refractivity contribution in [1.29, 1.82) is 0 Å². The predicted molar refractivity (Wildman–Crippen MR) is 120 cm³/mol. The normalized spacial score (nSPS) is 20.0. The Bertz CT molecular complexity index is 640. The van der Waals surface area contributed by atoms with Crippen molar-refractivity contribution in [3.05, 3.63) is 35.0 Å². The molecule has 0 unspecified atom stereocenters. The van der Waals surface area contributed by atoms with Gasteiger partial charge in [-0.3, -0.25) is 4.79 Å². The standard InChI is InChI=1S/C23H36O6S/c1-4-5-7-10-17(24)12-13-18-19(25)15-20(29-23(28)16(2)3)22(18)30-14-9-6-8-11-21(26)27/h12-13,17-19,24-25H,2,4-11,14-15H2,1,3H3,(H,26,27)/b13-12+/t17-,18-,19+/m0/s1. The van der Waals surface area contributed by atoms with Crippen LogP contribution in [0.1, 0.15) is 71.6 Å². The maximum absolute atomic E-state index is 12.0. The van der Waals surface area contributed by atoms with Gasteiger partial charge in [-0.25, -0.2) is 4.79 Å². The first-order valence-corrected chi connectivity index (χ1v) is 11.7. The van der Waals surface area contributed by atoms with E-state index in [-0.39, 0.29) is 18.8 Å². The minimum atomic E-state index is -0.791. The minimum Gasteiger partial charge on any atom is -0.481 e. The van der Waals surface area contributed by atoms with Crippen LogP contribution in [0.5, 0.6) is 0 Å². The molecule has 3 atom stereocenters. The number of aliphatic carboxylic acids is 1. The monoisotopic (exact) mass is 440 g/mol. The van der Waals surface area contributed by atoms with Crippen LogP contribution in [-0.2, 0) is 14.3 Å². The smallest absolute Gasteiger partial charge is 0.338 e. The molecule has 1 aliphatic carbocycles. The molecular weight excluding hydrogens is 404 g/mol. The van der Waals surface area contributed by atoms with E-state index < -0.39 is 24.1 Å². The van der Waals surface area contributed by atoms with Gasteiger partial charge in [-0.1, -0.05) is 51.3 Å². The summed E-state index contributed by atoms with van der Waals surface area (Å²) in [5, 5.41) is 29.4. The van der Waals surface area contributed by atoms with Crippen molar-refractivity contribution in [3.8, 4) is 0 Å². The maximum atomic E-state index is 12.0. The Hall–Kier alpha value is -1.57. The Morgan fingerprint density at radius 2 is 2.00 bits per heavy atom. The van der Waals surface area contributed by atoms with Crippen molar-refractivity contribution in [2.75, 3.05) is 5.75 Å². The van der Waals surface area contributed by atoms with Gasteiger partial charge in [0.1, 0.15) is 5.76 Å². The van der Waals surface area contributed by atoms with Gasteiger partial charge >= 0.3 is 11.9 Å². The number of aliphatic hydroxyl groups is 2. The van der Waals surface area contributed by atoms with Crippen LogP contribution < -0.4 is 0 Å². The summed E-state index contributed by atoms with van der Waals surface area (Å²) in [5.41, 5.74) is 0.292. The first-order valence-electron chi connectivity index (χ1n) is 10.8. The first kappa shape index (κ1) is 26.5. The van der Waals surface area contributed by atoms with Crippen molar-refractivity contribution < 1.29 is 29.6 Å². The molecule has 6 nitrogen and oxygen atoms in total. The van der Waals surface area contributed by atoms with E-state index in [9.17, 15) is 19.8 Å². The highest BCUT2D eigenvalue weighted by atomic mass is 32.2. The highest BCUT2D eigenvalue weighted by Gasteiger charge is 2.34. The SMILES string of the molecule is C=C(C)C(=O)OC1=C(SCCCCCC(=O)O)[C@@H](/C=C/[C@@H](O)CCCCC)[C@H](O)C1. The van der Waals surface area contributed by atoms with E-state index >= 15 is 0 Å². The Kier molecular flexibility index (Phi) is 12.7. The van der Waals surface area contributed by atoms with Gasteiger partial charge in [0.15, 0.2) is 0 Å². The first-order chi connectivity index (χ1) is 14.3. The van der Waals surface area contributed by atoms with Crippen molar-refractivity contribution >= 4 is 23.7 Å². The number of ether oxygens (including phenoxy) is 1. The topological polar surface area (TPSA) is 104 Å². The number of hydrogen-bond acceptors (Lipinski definition) is 6. The molecule has 0 aromatic heterocycles. The number of thioether (sulfide) groups is 1. The lowest BCUT2D eigenvalue weighted by Crippen LogP contribution is -2.14. The van der Waals surface area contributed by atoms with Gasteiger partial charge in [0, 0.05) is 29.2 Å². The lowest BCUT2D eigenvalue weighted by Gasteiger charge is -2.15. The van der Waals surface area contributed by atoms with E-state index in [0.717, 1.165) is 42.8 Å². The number of carbonyl (C=O) groups excluding carboxylic acids is 1. The number of rotatable bonds is 15. The average molecular weight is 441 g/mol. The van der Waals surface area contributed by atoms with Crippen molar-refractivity contribution in [2.45, 2.75) is 83.8 Å². The van der Waals surface area contributed by atoms with Crippen LogP contribution in [0.3, 0.4) is 0 Å². The summed E-state index contributed by atoms with van der Waals surface area (Å²) in [6, 6.07) is 0. The van der Waals surface area contributed by atoms with Gasteiger partial charge in [0.2, 0.25) is 0 Å². The number of aliphatic hydroxyl groups excluding tert-OH is 2. The van der Waals surface area contributed by atoms with Gasteiger partial charge in [0.05, 0.1) is 12.2 Å². The van der Waals surface area contributed by atoms with E-state index in [2.05, 4.69) is 13.5 Å². The molecule has 1 aliphatic rings. The van der Waals surface area contributed by atoms with Gasteiger partial charge in [-0.2, -0.15) is 0 Å². The molecule has 0 spiro atoms. The number of hydrogen-bond donors (Lipinski definition) is 3. The summed E-state index contributed by atoms with van der Waals surface area (Å²) >= 11 is 1.52. The molecule has 7 heteroatoms. The molecule has 0 aromatic carbocycles. The molecule has 0 aromatic rings. The zero-order chi connectivity index (χ0) is 22.5. The van der Waals surface area contributed by atoms with Crippen LogP contribution in [-0.4, -0.2) is 45.2 Å². The quantitative estimate of drug-likeness (QED) is 0.148. The number of unbranched alkanes of at least 4 members (excludes halogenated alkanes) is 4. The van der Waals surface area contributed by atoms with E-state index in [1.165, 1.54) is 11.8 Å². The highest BCUT2D eigenvalue weighted by molar-refractivity contribution is 8.03. The van der Waals surface area contributed by atoms with E-state index in [0.29, 0.717) is 24.2 Å². The van der Waals surface area contributed by atoms with Crippen molar-refractivity contribution in [1.82, 2.24) is 0 Å².